The second-order valence-electron chi connectivity index (χ2n) is 6.66. The Morgan fingerprint density at radius 1 is 1.03 bits per heavy atom. The van der Waals surface area contributed by atoms with E-state index in [1.165, 1.54) is 18.2 Å². The first kappa shape index (κ1) is 21.2. The molecule has 8 heteroatoms. The van der Waals surface area contributed by atoms with Crippen LogP contribution in [0.2, 0.25) is 0 Å². The van der Waals surface area contributed by atoms with Crippen LogP contribution in [0.3, 0.4) is 0 Å². The summed E-state index contributed by atoms with van der Waals surface area (Å²) >= 11 is 0. The molecule has 1 amide bonds. The van der Waals surface area contributed by atoms with Gasteiger partial charge in [0.2, 0.25) is 5.91 Å². The minimum atomic E-state index is -0.282. The molecule has 8 nitrogen and oxygen atoms in total. The van der Waals surface area contributed by atoms with Crippen LogP contribution in [0.15, 0.2) is 49.2 Å². The molecule has 2 heterocycles. The number of nitrogens with zero attached hydrogens (tertiary/aromatic N) is 4. The summed E-state index contributed by atoms with van der Waals surface area (Å²) in [5, 5.41) is 5.79. The van der Waals surface area contributed by atoms with Crippen molar-refractivity contribution in [3.05, 3.63) is 66.3 Å². The van der Waals surface area contributed by atoms with E-state index in [2.05, 4.69) is 49.6 Å². The molecule has 0 aliphatic rings. The van der Waals surface area contributed by atoms with E-state index in [9.17, 15) is 9.59 Å². The summed E-state index contributed by atoms with van der Waals surface area (Å²) in [4.78, 5) is 40.9. The van der Waals surface area contributed by atoms with Gasteiger partial charge in [0.15, 0.2) is 5.78 Å². The van der Waals surface area contributed by atoms with Crippen molar-refractivity contribution in [3.63, 3.8) is 0 Å². The third-order valence-corrected chi connectivity index (χ3v) is 4.53. The number of ketones is 1. The lowest BCUT2D eigenvalue weighted by Crippen LogP contribution is -2.29. The lowest BCUT2D eigenvalue weighted by atomic mass is 10.0. The van der Waals surface area contributed by atoms with Gasteiger partial charge in [-0.3, -0.25) is 14.6 Å². The average molecular weight is 409 g/mol. The summed E-state index contributed by atoms with van der Waals surface area (Å²) in [5.41, 5.74) is 3.70. The first-order valence-corrected chi connectivity index (χ1v) is 9.84. The van der Waals surface area contributed by atoms with Crippen molar-refractivity contribution in [2.45, 2.75) is 33.2 Å². The predicted molar refractivity (Wildman–Crippen MR) is 118 cm³/mol. The van der Waals surface area contributed by atoms with Gasteiger partial charge in [-0.1, -0.05) is 38.1 Å². The van der Waals surface area contributed by atoms with Crippen molar-refractivity contribution in [3.8, 4) is 11.1 Å². The maximum Gasteiger partial charge on any atom is 0.238 e. The zero-order valence-corrected chi connectivity index (χ0v) is 17.1. The lowest BCUT2D eigenvalue weighted by molar-refractivity contribution is -0.115. The molecule has 0 bridgehead atoms. The van der Waals surface area contributed by atoms with E-state index in [1.807, 2.05) is 12.1 Å². The van der Waals surface area contributed by atoms with Gasteiger partial charge in [-0.05, 0) is 23.6 Å². The Bertz CT molecular complexity index is 1030. The highest BCUT2D eigenvalue weighted by molar-refractivity contribution is 6.04. The molecular formula is C22H28N6O2. The molecule has 0 unspecified atom stereocenters. The summed E-state index contributed by atoms with van der Waals surface area (Å²) in [5.74, 6) is 0.131. The first-order chi connectivity index (χ1) is 14.6. The fourth-order valence-electron chi connectivity index (χ4n) is 2.91. The molecule has 0 radical (unpaired) electrons. The van der Waals surface area contributed by atoms with Gasteiger partial charge in [-0.15, -0.1) is 0 Å². The monoisotopic (exact) mass is 408 g/mol. The molecule has 3 rings (SSSR count). The molecule has 0 spiro atoms. The number of amides is 1. The molecule has 0 saturated carbocycles. The fraction of sp³-hybridized carbons (Fsp3) is 0.273. The van der Waals surface area contributed by atoms with Crippen molar-refractivity contribution in [1.29, 1.82) is 0 Å². The summed E-state index contributed by atoms with van der Waals surface area (Å²) in [6.45, 7) is 4.24. The number of carbonyl (C=O) groups is 2. The summed E-state index contributed by atoms with van der Waals surface area (Å²) < 4.78 is 0. The molecule has 158 valence electrons. The van der Waals surface area contributed by atoms with Crippen LogP contribution in [0.5, 0.6) is 0 Å². The van der Waals surface area contributed by atoms with Crippen molar-refractivity contribution >= 4 is 17.4 Å². The number of anilines is 1. The summed E-state index contributed by atoms with van der Waals surface area (Å²) in [7, 11) is 0. The standard InChI is InChI=1S/C22H24N6O2.2H2/c1-3-15-6-5-7-16(8-15)17-9-18(22(25-10-17)19(29)4-2)28-21(30)12-23-11-20-26-13-24-14-27-20;;/h5-10,13-14,23H,3-4,11-12H2,1-2H3,(H,28,30);2*1H. The number of aryl methyl sites for hydroxylation is 1. The molecule has 0 saturated heterocycles. The number of carbonyl (C=O) groups excluding carboxylic acids is 2. The second kappa shape index (κ2) is 10.3. The normalized spacial score (nSPS) is 10.6. The second-order valence-corrected chi connectivity index (χ2v) is 6.66. The van der Waals surface area contributed by atoms with E-state index < -0.39 is 0 Å². The minimum absolute atomic E-state index is 0. The number of hydrogen-bond donors (Lipinski definition) is 2. The smallest absolute Gasteiger partial charge is 0.238 e. The van der Waals surface area contributed by atoms with Crippen LogP contribution in [0.4, 0.5) is 5.69 Å². The lowest BCUT2D eigenvalue weighted by Gasteiger charge is -2.12. The van der Waals surface area contributed by atoms with Crippen LogP contribution in [-0.4, -0.2) is 38.2 Å². The average Bonchev–Trinajstić information content (AvgIpc) is 2.79. The third-order valence-electron chi connectivity index (χ3n) is 4.53. The Balaban J connectivity index is 0.00000256. The van der Waals surface area contributed by atoms with Gasteiger partial charge in [-0.2, -0.15) is 0 Å². The van der Waals surface area contributed by atoms with E-state index in [-0.39, 0.29) is 26.8 Å². The molecule has 0 aliphatic carbocycles. The Kier molecular flexibility index (Phi) is 7.29. The van der Waals surface area contributed by atoms with Crippen molar-refractivity contribution in [1.82, 2.24) is 25.3 Å². The molecule has 3 aromatic rings. The quantitative estimate of drug-likeness (QED) is 0.523. The summed E-state index contributed by atoms with van der Waals surface area (Å²) in [6, 6.07) is 9.92. The molecule has 0 fully saturated rings. The maximum atomic E-state index is 12.4. The molecule has 30 heavy (non-hydrogen) atoms. The Morgan fingerprint density at radius 3 is 2.57 bits per heavy atom. The highest BCUT2D eigenvalue weighted by Crippen LogP contribution is 2.25. The van der Waals surface area contributed by atoms with Crippen LogP contribution < -0.4 is 10.6 Å². The fourth-order valence-corrected chi connectivity index (χ4v) is 2.91. The molecular weight excluding hydrogens is 380 g/mol. The minimum Gasteiger partial charge on any atom is -0.323 e. The van der Waals surface area contributed by atoms with E-state index >= 15 is 0 Å². The van der Waals surface area contributed by atoms with E-state index in [1.54, 1.807) is 19.2 Å². The van der Waals surface area contributed by atoms with E-state index in [4.69, 9.17) is 0 Å². The van der Waals surface area contributed by atoms with Crippen LogP contribution in [0.25, 0.3) is 11.1 Å². The van der Waals surface area contributed by atoms with E-state index in [0.29, 0.717) is 24.5 Å². The van der Waals surface area contributed by atoms with Gasteiger partial charge in [0, 0.05) is 21.0 Å². The number of aromatic nitrogens is 4. The van der Waals surface area contributed by atoms with Gasteiger partial charge in [0.05, 0.1) is 18.8 Å². The van der Waals surface area contributed by atoms with Gasteiger partial charge >= 0.3 is 0 Å². The zero-order valence-electron chi connectivity index (χ0n) is 17.1. The van der Waals surface area contributed by atoms with Crippen LogP contribution in [-0.2, 0) is 17.8 Å². The largest absolute Gasteiger partial charge is 0.323 e. The number of hydrogen-bond acceptors (Lipinski definition) is 7. The number of nitrogens with one attached hydrogen (secondary N) is 2. The van der Waals surface area contributed by atoms with Crippen molar-refractivity contribution in [2.24, 2.45) is 0 Å². The number of benzene rings is 1. The van der Waals surface area contributed by atoms with Gasteiger partial charge < -0.3 is 10.6 Å². The van der Waals surface area contributed by atoms with Crippen LogP contribution >= 0.6 is 0 Å². The topological polar surface area (TPSA) is 110 Å². The number of Topliss-reactive ketones (excluding diaryl/α,β-unsaturated/α-hetero) is 1. The third kappa shape index (κ3) is 5.51. The molecule has 0 atom stereocenters. The predicted octanol–water partition coefficient (Wildman–Crippen LogP) is 3.31. The Labute approximate surface area is 178 Å². The highest BCUT2D eigenvalue weighted by atomic mass is 16.2. The van der Waals surface area contributed by atoms with Crippen LogP contribution in [0, 0.1) is 0 Å². The van der Waals surface area contributed by atoms with Crippen LogP contribution in [0.1, 0.15) is 45.0 Å². The molecule has 1 aromatic carbocycles. The number of rotatable bonds is 9. The molecule has 0 aliphatic heterocycles. The summed E-state index contributed by atoms with van der Waals surface area (Å²) in [6.07, 6.45) is 5.70. The number of pyridine rings is 1. The Hall–Kier alpha value is -3.52. The molecule has 2 N–H and O–H groups in total. The molecule has 2 aromatic heterocycles. The zero-order chi connectivity index (χ0) is 21.3. The van der Waals surface area contributed by atoms with Crippen molar-refractivity contribution in [2.75, 3.05) is 11.9 Å². The maximum absolute atomic E-state index is 12.4. The highest BCUT2D eigenvalue weighted by Gasteiger charge is 2.15. The van der Waals surface area contributed by atoms with Crippen molar-refractivity contribution < 1.29 is 12.4 Å². The first-order valence-electron chi connectivity index (χ1n) is 9.84. The Morgan fingerprint density at radius 2 is 1.83 bits per heavy atom. The van der Waals surface area contributed by atoms with Gasteiger partial charge in [0.25, 0.3) is 0 Å². The van der Waals surface area contributed by atoms with E-state index in [0.717, 1.165) is 17.5 Å². The SMILES string of the molecule is CCC(=O)c1ncc(-c2cccc(CC)c2)cc1NC(=O)CNCc1ncncn1.[HH].[HH]. The van der Waals surface area contributed by atoms with Gasteiger partial charge in [0.1, 0.15) is 24.2 Å². The van der Waals surface area contributed by atoms with Gasteiger partial charge in [-0.25, -0.2) is 15.0 Å².